The predicted molar refractivity (Wildman–Crippen MR) is 95.0 cm³/mol. The highest BCUT2D eigenvalue weighted by atomic mass is 127. The number of nitrogens with two attached hydrogens (primary N) is 1. The number of guanidine groups is 1. The van der Waals surface area contributed by atoms with Gasteiger partial charge in [0.25, 0.3) is 0 Å². The summed E-state index contributed by atoms with van der Waals surface area (Å²) in [4.78, 5) is 4.38. The molecule has 0 radical (unpaired) electrons. The van der Waals surface area contributed by atoms with Gasteiger partial charge >= 0.3 is 0 Å². The summed E-state index contributed by atoms with van der Waals surface area (Å²) >= 11 is 3.46. The van der Waals surface area contributed by atoms with Crippen LogP contribution in [0, 0.1) is 12.8 Å². The number of halogens is 2. The van der Waals surface area contributed by atoms with Gasteiger partial charge in [0, 0.05) is 11.0 Å². The van der Waals surface area contributed by atoms with E-state index in [0.717, 1.165) is 16.9 Å². The predicted octanol–water partition coefficient (Wildman–Crippen LogP) is 3.58. The normalized spacial score (nSPS) is 15.6. The first-order valence-corrected chi connectivity index (χ1v) is 7.23. The van der Waals surface area contributed by atoms with Gasteiger partial charge in [0.05, 0.1) is 6.54 Å². The average molecular weight is 438 g/mol. The zero-order valence-electron chi connectivity index (χ0n) is 11.2. The van der Waals surface area contributed by atoms with Crippen LogP contribution in [0.5, 0.6) is 0 Å². The second kappa shape index (κ2) is 8.09. The molecular weight excluding hydrogens is 417 g/mol. The van der Waals surface area contributed by atoms with E-state index < -0.39 is 0 Å². The minimum atomic E-state index is 0. The van der Waals surface area contributed by atoms with Crippen molar-refractivity contribution in [3.63, 3.8) is 0 Å². The largest absolute Gasteiger partial charge is 0.370 e. The molecule has 0 aromatic heterocycles. The molecule has 0 amide bonds. The summed E-state index contributed by atoms with van der Waals surface area (Å²) in [5.41, 5.74) is 8.31. The van der Waals surface area contributed by atoms with Crippen molar-refractivity contribution in [1.29, 1.82) is 0 Å². The topological polar surface area (TPSA) is 50.4 Å². The molecule has 0 spiro atoms. The van der Waals surface area contributed by atoms with Crippen LogP contribution in [0.2, 0.25) is 0 Å². The van der Waals surface area contributed by atoms with E-state index in [9.17, 15) is 0 Å². The van der Waals surface area contributed by atoms with Gasteiger partial charge in [-0.1, -0.05) is 28.4 Å². The number of rotatable bonds is 4. The molecule has 1 saturated carbocycles. The van der Waals surface area contributed by atoms with Crippen LogP contribution in [0.1, 0.15) is 30.4 Å². The molecule has 1 aromatic carbocycles. The minimum absolute atomic E-state index is 0. The first-order valence-electron chi connectivity index (χ1n) is 6.44. The van der Waals surface area contributed by atoms with Crippen molar-refractivity contribution in [1.82, 2.24) is 5.32 Å². The van der Waals surface area contributed by atoms with Crippen LogP contribution in [-0.2, 0) is 6.54 Å². The second-order valence-electron chi connectivity index (χ2n) is 4.95. The Morgan fingerprint density at radius 1 is 1.47 bits per heavy atom. The Morgan fingerprint density at radius 3 is 2.79 bits per heavy atom. The number of aryl methyl sites for hydroxylation is 1. The van der Waals surface area contributed by atoms with Crippen LogP contribution in [0.3, 0.4) is 0 Å². The molecule has 106 valence electrons. The fourth-order valence-corrected chi connectivity index (χ4v) is 2.48. The number of nitrogens with one attached hydrogen (secondary N) is 1. The standard InChI is InChI=1S/C14H20BrN3.HI/c1-10-7-13(15)6-5-12(10)9-18-14(16)17-8-11-3-2-4-11;/h5-7,11H,2-4,8-9H2,1H3,(H3,16,17,18);1H. The molecule has 1 aromatic rings. The molecule has 19 heavy (non-hydrogen) atoms. The summed E-state index contributed by atoms with van der Waals surface area (Å²) in [6.45, 7) is 3.70. The van der Waals surface area contributed by atoms with Gasteiger partial charge in [0.2, 0.25) is 0 Å². The van der Waals surface area contributed by atoms with E-state index in [-0.39, 0.29) is 24.0 Å². The van der Waals surface area contributed by atoms with Gasteiger partial charge < -0.3 is 11.1 Å². The first kappa shape index (κ1) is 16.8. The maximum atomic E-state index is 5.86. The second-order valence-corrected chi connectivity index (χ2v) is 5.87. The van der Waals surface area contributed by atoms with E-state index in [4.69, 9.17) is 5.73 Å². The lowest BCUT2D eigenvalue weighted by atomic mass is 9.85. The molecule has 0 unspecified atom stereocenters. The number of nitrogens with zero attached hydrogens (tertiary/aromatic N) is 1. The monoisotopic (exact) mass is 437 g/mol. The molecule has 0 atom stereocenters. The molecule has 3 nitrogen and oxygen atoms in total. The molecule has 1 aliphatic carbocycles. The zero-order valence-corrected chi connectivity index (χ0v) is 15.1. The molecule has 5 heteroatoms. The molecule has 0 bridgehead atoms. The van der Waals surface area contributed by atoms with Crippen LogP contribution >= 0.6 is 39.9 Å². The van der Waals surface area contributed by atoms with Crippen LogP contribution in [0.25, 0.3) is 0 Å². The molecule has 3 N–H and O–H groups in total. The molecular formula is C14H21BrIN3. The van der Waals surface area contributed by atoms with Crippen molar-refractivity contribution in [3.05, 3.63) is 33.8 Å². The third-order valence-electron chi connectivity index (χ3n) is 3.52. The minimum Gasteiger partial charge on any atom is -0.370 e. The van der Waals surface area contributed by atoms with Crippen LogP contribution in [0.4, 0.5) is 0 Å². The molecule has 2 rings (SSSR count). The van der Waals surface area contributed by atoms with Crippen molar-refractivity contribution in [2.75, 3.05) is 6.54 Å². The highest BCUT2D eigenvalue weighted by molar-refractivity contribution is 14.0. The van der Waals surface area contributed by atoms with Crippen molar-refractivity contribution in [2.45, 2.75) is 32.7 Å². The average Bonchev–Trinajstić information content (AvgIpc) is 2.25. The maximum Gasteiger partial charge on any atom is 0.188 e. The number of hydrogen-bond acceptors (Lipinski definition) is 1. The van der Waals surface area contributed by atoms with E-state index in [2.05, 4.69) is 45.3 Å². The van der Waals surface area contributed by atoms with Gasteiger partial charge in [-0.3, -0.25) is 0 Å². The van der Waals surface area contributed by atoms with Gasteiger partial charge in [0.1, 0.15) is 0 Å². The number of hydrogen-bond donors (Lipinski definition) is 2. The highest BCUT2D eigenvalue weighted by Crippen LogP contribution is 2.25. The van der Waals surface area contributed by atoms with Crippen LogP contribution in [0.15, 0.2) is 27.7 Å². The van der Waals surface area contributed by atoms with Crippen LogP contribution in [-0.4, -0.2) is 12.5 Å². The fourth-order valence-electron chi connectivity index (χ4n) is 2.01. The van der Waals surface area contributed by atoms with Gasteiger partial charge in [-0.25, -0.2) is 4.99 Å². The van der Waals surface area contributed by atoms with Crippen molar-refractivity contribution < 1.29 is 0 Å². The van der Waals surface area contributed by atoms with Crippen molar-refractivity contribution in [3.8, 4) is 0 Å². The van der Waals surface area contributed by atoms with Crippen molar-refractivity contribution >= 4 is 45.9 Å². The summed E-state index contributed by atoms with van der Waals surface area (Å²) < 4.78 is 1.10. The van der Waals surface area contributed by atoms with E-state index in [1.54, 1.807) is 0 Å². The maximum absolute atomic E-state index is 5.86. The first-order chi connectivity index (χ1) is 8.65. The van der Waals surface area contributed by atoms with Gasteiger partial charge in [-0.15, -0.1) is 24.0 Å². The smallest absolute Gasteiger partial charge is 0.188 e. The molecule has 0 saturated heterocycles. The van der Waals surface area contributed by atoms with Crippen molar-refractivity contribution in [2.24, 2.45) is 16.6 Å². The Bertz CT molecular complexity index is 444. The summed E-state index contributed by atoms with van der Waals surface area (Å²) in [5, 5.41) is 3.20. The lowest BCUT2D eigenvalue weighted by Gasteiger charge is -2.25. The number of benzene rings is 1. The van der Waals surface area contributed by atoms with E-state index in [1.807, 2.05) is 6.07 Å². The van der Waals surface area contributed by atoms with Gasteiger partial charge in [-0.2, -0.15) is 0 Å². The summed E-state index contributed by atoms with van der Waals surface area (Å²) in [5.74, 6) is 1.36. The zero-order chi connectivity index (χ0) is 13.0. The Morgan fingerprint density at radius 2 is 2.21 bits per heavy atom. The summed E-state index contributed by atoms with van der Waals surface area (Å²) in [7, 11) is 0. The SMILES string of the molecule is Cc1cc(Br)ccc1CN=C(N)NCC1CCC1.I. The van der Waals surface area contributed by atoms with E-state index in [0.29, 0.717) is 12.5 Å². The van der Waals surface area contributed by atoms with Gasteiger partial charge in [0.15, 0.2) is 5.96 Å². The lowest BCUT2D eigenvalue weighted by Crippen LogP contribution is -2.37. The molecule has 1 fully saturated rings. The Labute approximate surface area is 140 Å². The summed E-state index contributed by atoms with van der Waals surface area (Å²) in [6.07, 6.45) is 4.01. The summed E-state index contributed by atoms with van der Waals surface area (Å²) in [6, 6.07) is 6.22. The van der Waals surface area contributed by atoms with Gasteiger partial charge in [-0.05, 0) is 48.9 Å². The quantitative estimate of drug-likeness (QED) is 0.429. The Hall–Kier alpha value is -0.300. The third-order valence-corrected chi connectivity index (χ3v) is 4.01. The molecule has 0 heterocycles. The Kier molecular flexibility index (Phi) is 7.13. The Balaban J connectivity index is 0.00000180. The fraction of sp³-hybridized carbons (Fsp3) is 0.500. The lowest BCUT2D eigenvalue weighted by molar-refractivity contribution is 0.315. The molecule has 1 aliphatic rings. The van der Waals surface area contributed by atoms with E-state index in [1.165, 1.54) is 30.4 Å². The number of aliphatic imine (C=N–C) groups is 1. The van der Waals surface area contributed by atoms with E-state index >= 15 is 0 Å². The third kappa shape index (κ3) is 5.30. The highest BCUT2D eigenvalue weighted by Gasteiger charge is 2.16. The van der Waals surface area contributed by atoms with Crippen LogP contribution < -0.4 is 11.1 Å². The molecule has 0 aliphatic heterocycles.